The first kappa shape index (κ1) is 16.1. The maximum Gasteiger partial charge on any atom is 0.183 e. The van der Waals surface area contributed by atoms with Crippen LogP contribution in [0.2, 0.25) is 0 Å². The number of nitrogens with zero attached hydrogens (tertiary/aromatic N) is 1. The number of methoxy groups -OCH3 is 2. The van der Waals surface area contributed by atoms with E-state index in [1.165, 1.54) is 37.0 Å². The van der Waals surface area contributed by atoms with Crippen molar-refractivity contribution in [3.8, 4) is 22.8 Å². The van der Waals surface area contributed by atoms with E-state index in [2.05, 4.69) is 12.2 Å². The number of ether oxygens (including phenoxy) is 2. The fourth-order valence-corrected chi connectivity index (χ4v) is 4.03. The smallest absolute Gasteiger partial charge is 0.183 e. The van der Waals surface area contributed by atoms with Crippen LogP contribution in [0.25, 0.3) is 11.3 Å². The van der Waals surface area contributed by atoms with Crippen molar-refractivity contribution in [1.82, 2.24) is 4.98 Å². The normalized spacial score (nSPS) is 15.4. The standard InChI is InChI=1S/C18H24N2O2S/c1-12-17(15-10-9-14(21-2)11-16(15)22-3)20-18(23-12)19-13-7-5-4-6-8-13/h9-11,13H,4-8H2,1-3H3,(H,19,20). The van der Waals surface area contributed by atoms with Crippen molar-refractivity contribution in [2.75, 3.05) is 19.5 Å². The van der Waals surface area contributed by atoms with Gasteiger partial charge < -0.3 is 14.8 Å². The number of benzene rings is 1. The molecule has 0 radical (unpaired) electrons. The Morgan fingerprint density at radius 1 is 1.13 bits per heavy atom. The summed E-state index contributed by atoms with van der Waals surface area (Å²) in [6, 6.07) is 6.44. The quantitative estimate of drug-likeness (QED) is 0.847. The zero-order valence-electron chi connectivity index (χ0n) is 14.0. The van der Waals surface area contributed by atoms with Crippen LogP contribution in [-0.2, 0) is 0 Å². The number of anilines is 1. The summed E-state index contributed by atoms with van der Waals surface area (Å²) in [6.45, 7) is 2.11. The van der Waals surface area contributed by atoms with Crippen LogP contribution in [0, 0.1) is 6.92 Å². The molecule has 0 aliphatic heterocycles. The summed E-state index contributed by atoms with van der Waals surface area (Å²) in [4.78, 5) is 6.03. The number of aromatic nitrogens is 1. The zero-order chi connectivity index (χ0) is 16.2. The second kappa shape index (κ2) is 7.21. The number of hydrogen-bond donors (Lipinski definition) is 1. The van der Waals surface area contributed by atoms with E-state index in [1.807, 2.05) is 18.2 Å². The van der Waals surface area contributed by atoms with Crippen LogP contribution < -0.4 is 14.8 Å². The Balaban J connectivity index is 1.85. The molecule has 1 aliphatic carbocycles. The number of hydrogen-bond acceptors (Lipinski definition) is 5. The average Bonchev–Trinajstić information content (AvgIpc) is 2.95. The van der Waals surface area contributed by atoms with Crippen LogP contribution in [0.5, 0.6) is 11.5 Å². The molecule has 23 heavy (non-hydrogen) atoms. The van der Waals surface area contributed by atoms with Crippen LogP contribution >= 0.6 is 11.3 Å². The van der Waals surface area contributed by atoms with Crippen molar-refractivity contribution in [3.63, 3.8) is 0 Å². The minimum atomic E-state index is 0.569. The minimum Gasteiger partial charge on any atom is -0.497 e. The van der Waals surface area contributed by atoms with E-state index in [9.17, 15) is 0 Å². The Hall–Kier alpha value is -1.75. The molecule has 0 amide bonds. The SMILES string of the molecule is COc1ccc(-c2nc(NC3CCCCC3)sc2C)c(OC)c1. The van der Waals surface area contributed by atoms with E-state index >= 15 is 0 Å². The Morgan fingerprint density at radius 3 is 2.61 bits per heavy atom. The van der Waals surface area contributed by atoms with Gasteiger partial charge in [0.05, 0.1) is 19.9 Å². The van der Waals surface area contributed by atoms with E-state index in [4.69, 9.17) is 14.5 Å². The maximum atomic E-state index is 5.52. The van der Waals surface area contributed by atoms with Crippen molar-refractivity contribution in [3.05, 3.63) is 23.1 Å². The molecule has 4 nitrogen and oxygen atoms in total. The van der Waals surface area contributed by atoms with Crippen molar-refractivity contribution < 1.29 is 9.47 Å². The summed E-state index contributed by atoms with van der Waals surface area (Å²) in [5.74, 6) is 1.58. The number of rotatable bonds is 5. The van der Waals surface area contributed by atoms with Crippen molar-refractivity contribution >= 4 is 16.5 Å². The van der Waals surface area contributed by atoms with Crippen LogP contribution in [0.1, 0.15) is 37.0 Å². The average molecular weight is 332 g/mol. The Morgan fingerprint density at radius 2 is 1.91 bits per heavy atom. The third-order valence-electron chi connectivity index (χ3n) is 4.39. The van der Waals surface area contributed by atoms with Crippen LogP contribution in [0.15, 0.2) is 18.2 Å². The lowest BCUT2D eigenvalue weighted by Crippen LogP contribution is -2.21. The van der Waals surface area contributed by atoms with E-state index in [1.54, 1.807) is 25.6 Å². The minimum absolute atomic E-state index is 0.569. The number of nitrogens with one attached hydrogen (secondary N) is 1. The third-order valence-corrected chi connectivity index (χ3v) is 5.30. The summed E-state index contributed by atoms with van der Waals surface area (Å²) in [7, 11) is 3.34. The fourth-order valence-electron chi connectivity index (χ4n) is 3.12. The molecule has 0 atom stereocenters. The van der Waals surface area contributed by atoms with Gasteiger partial charge in [0.1, 0.15) is 11.5 Å². The summed E-state index contributed by atoms with van der Waals surface area (Å²) >= 11 is 1.72. The highest BCUT2D eigenvalue weighted by atomic mass is 32.1. The highest BCUT2D eigenvalue weighted by Crippen LogP contribution is 2.38. The number of thiazole rings is 1. The molecular weight excluding hydrogens is 308 g/mol. The molecule has 0 spiro atoms. The molecule has 124 valence electrons. The number of aryl methyl sites for hydroxylation is 1. The van der Waals surface area contributed by atoms with Crippen LogP contribution in [0.3, 0.4) is 0 Å². The Labute approximate surface area is 141 Å². The second-order valence-corrected chi connectivity index (χ2v) is 7.17. The predicted molar refractivity (Wildman–Crippen MR) is 95.9 cm³/mol. The molecule has 0 bridgehead atoms. The first-order valence-electron chi connectivity index (χ1n) is 8.17. The van der Waals surface area contributed by atoms with Gasteiger partial charge in [0.2, 0.25) is 0 Å². The van der Waals surface area contributed by atoms with E-state index in [0.717, 1.165) is 27.9 Å². The molecule has 1 heterocycles. The van der Waals surface area contributed by atoms with Gasteiger partial charge in [-0.1, -0.05) is 19.3 Å². The van der Waals surface area contributed by atoms with Gasteiger partial charge in [-0.05, 0) is 31.9 Å². The third kappa shape index (κ3) is 3.61. The largest absolute Gasteiger partial charge is 0.497 e. The molecule has 1 N–H and O–H groups in total. The van der Waals surface area contributed by atoms with E-state index in [-0.39, 0.29) is 0 Å². The van der Waals surface area contributed by atoms with Crippen molar-refractivity contribution in [2.24, 2.45) is 0 Å². The monoisotopic (exact) mass is 332 g/mol. The molecule has 0 saturated heterocycles. The first-order valence-corrected chi connectivity index (χ1v) is 8.99. The summed E-state index contributed by atoms with van der Waals surface area (Å²) in [5.41, 5.74) is 2.01. The zero-order valence-corrected chi connectivity index (χ0v) is 14.8. The predicted octanol–water partition coefficient (Wildman–Crippen LogP) is 4.88. The van der Waals surface area contributed by atoms with E-state index < -0.39 is 0 Å². The molecule has 1 aliphatic rings. The lowest BCUT2D eigenvalue weighted by atomic mass is 9.96. The highest BCUT2D eigenvalue weighted by Gasteiger charge is 2.18. The first-order chi connectivity index (χ1) is 11.2. The molecule has 1 aromatic carbocycles. The van der Waals surface area contributed by atoms with Gasteiger partial charge >= 0.3 is 0 Å². The lowest BCUT2D eigenvalue weighted by Gasteiger charge is -2.22. The van der Waals surface area contributed by atoms with Gasteiger partial charge in [-0.15, -0.1) is 11.3 Å². The lowest BCUT2D eigenvalue weighted by molar-refractivity contribution is 0.395. The van der Waals surface area contributed by atoms with Gasteiger partial charge in [0.15, 0.2) is 5.13 Å². The molecule has 1 saturated carbocycles. The highest BCUT2D eigenvalue weighted by molar-refractivity contribution is 7.16. The maximum absolute atomic E-state index is 5.52. The van der Waals surface area contributed by atoms with Gasteiger partial charge in [0, 0.05) is 22.5 Å². The molecule has 3 rings (SSSR count). The molecule has 1 aromatic heterocycles. The fraction of sp³-hybridized carbons (Fsp3) is 0.500. The van der Waals surface area contributed by atoms with Crippen molar-refractivity contribution in [1.29, 1.82) is 0 Å². The Bertz CT molecular complexity index is 663. The topological polar surface area (TPSA) is 43.4 Å². The molecule has 0 unspecified atom stereocenters. The van der Waals surface area contributed by atoms with E-state index in [0.29, 0.717) is 6.04 Å². The summed E-state index contributed by atoms with van der Waals surface area (Å²) in [6.07, 6.45) is 6.51. The van der Waals surface area contributed by atoms with Gasteiger partial charge in [-0.2, -0.15) is 0 Å². The molecule has 1 fully saturated rings. The summed E-state index contributed by atoms with van der Waals surface area (Å²) < 4.78 is 10.8. The van der Waals surface area contributed by atoms with Crippen LogP contribution in [-0.4, -0.2) is 25.2 Å². The Kier molecular flexibility index (Phi) is 5.06. The van der Waals surface area contributed by atoms with Gasteiger partial charge in [-0.25, -0.2) is 4.98 Å². The van der Waals surface area contributed by atoms with Gasteiger partial charge in [0.25, 0.3) is 0 Å². The van der Waals surface area contributed by atoms with Crippen LogP contribution in [0.4, 0.5) is 5.13 Å². The second-order valence-electron chi connectivity index (χ2n) is 5.97. The summed E-state index contributed by atoms with van der Waals surface area (Å²) in [5, 5.41) is 4.63. The van der Waals surface area contributed by atoms with Crippen molar-refractivity contribution in [2.45, 2.75) is 45.1 Å². The molecular formula is C18H24N2O2S. The molecule has 5 heteroatoms. The van der Waals surface area contributed by atoms with Gasteiger partial charge in [-0.3, -0.25) is 0 Å². The molecule has 2 aromatic rings.